The molecule has 15 heteroatoms. The molecule has 0 heterocycles. The van der Waals surface area contributed by atoms with E-state index in [1.807, 2.05) is 0 Å². The summed E-state index contributed by atoms with van der Waals surface area (Å²) in [5.41, 5.74) is 27.1. The summed E-state index contributed by atoms with van der Waals surface area (Å²) in [4.78, 5) is 52.4. The minimum Gasteiger partial charge on any atom is -0.508 e. The Kier molecular flexibility index (Phi) is 19.6. The minimum atomic E-state index is -1.17. The van der Waals surface area contributed by atoms with Gasteiger partial charge < -0.3 is 53.8 Å². The normalized spacial score (nSPS) is 13.2. The maximum Gasteiger partial charge on any atom is 0.330 e. The van der Waals surface area contributed by atoms with Crippen molar-refractivity contribution >= 4 is 29.8 Å². The lowest BCUT2D eigenvalue weighted by Gasteiger charge is -2.10. The molecule has 0 saturated carbocycles. The smallest absolute Gasteiger partial charge is 0.330 e. The third-order valence-electron chi connectivity index (χ3n) is 4.54. The van der Waals surface area contributed by atoms with Gasteiger partial charge in [0, 0.05) is 6.42 Å². The average molecular weight is 546 g/mol. The van der Waals surface area contributed by atoms with Crippen LogP contribution in [0.15, 0.2) is 24.3 Å². The largest absolute Gasteiger partial charge is 0.508 e. The van der Waals surface area contributed by atoms with E-state index in [9.17, 15) is 24.0 Å². The summed E-state index contributed by atoms with van der Waals surface area (Å²) in [6.07, 6.45) is 2.04. The number of rotatable bonds is 13. The van der Waals surface area contributed by atoms with E-state index in [1.54, 1.807) is 12.1 Å². The van der Waals surface area contributed by atoms with Gasteiger partial charge in [0.25, 0.3) is 0 Å². The highest BCUT2D eigenvalue weighted by atomic mass is 16.6. The zero-order chi connectivity index (χ0) is 29.8. The summed E-state index contributed by atoms with van der Waals surface area (Å²) >= 11 is 0. The number of carbonyl (C=O) groups excluding carboxylic acids is 2. The van der Waals surface area contributed by atoms with Crippen molar-refractivity contribution in [2.24, 2.45) is 28.7 Å². The van der Waals surface area contributed by atoms with Gasteiger partial charge in [0.2, 0.25) is 0 Å². The molecule has 0 bridgehead atoms. The Morgan fingerprint density at radius 2 is 1.32 bits per heavy atom. The molecule has 0 aliphatic heterocycles. The van der Waals surface area contributed by atoms with Gasteiger partial charge in [-0.25, -0.2) is 9.59 Å². The van der Waals surface area contributed by atoms with Crippen molar-refractivity contribution in [2.75, 3.05) is 6.54 Å². The molecule has 0 aromatic heterocycles. The van der Waals surface area contributed by atoms with Crippen LogP contribution in [0.2, 0.25) is 0 Å². The SMILES string of the molecule is C[C@H](N)C(=O)OC(=O)[C@@H](N)CCCCN.N[C@@H](CCC(=O)O)C(=O)O.N[C@@H](Cc1ccc(O)cc1)C(=O)O. The second-order valence-electron chi connectivity index (χ2n) is 8.11. The number of phenolic OH excluding ortho intramolecular Hbond substituents is 1. The third kappa shape index (κ3) is 19.5. The van der Waals surface area contributed by atoms with Gasteiger partial charge in [0.1, 0.15) is 29.9 Å². The highest BCUT2D eigenvalue weighted by Gasteiger charge is 2.20. The van der Waals surface area contributed by atoms with Crippen LogP contribution in [0, 0.1) is 0 Å². The fourth-order valence-electron chi connectivity index (χ4n) is 2.27. The van der Waals surface area contributed by atoms with Crippen molar-refractivity contribution in [3.8, 4) is 5.75 Å². The van der Waals surface area contributed by atoms with E-state index in [-0.39, 0.29) is 25.0 Å². The summed E-state index contributed by atoms with van der Waals surface area (Å²) in [5, 5.41) is 33.7. The van der Waals surface area contributed by atoms with E-state index >= 15 is 0 Å². The van der Waals surface area contributed by atoms with Gasteiger partial charge in [0.15, 0.2) is 0 Å². The van der Waals surface area contributed by atoms with Crippen LogP contribution in [0.4, 0.5) is 0 Å². The van der Waals surface area contributed by atoms with E-state index in [1.165, 1.54) is 19.1 Å². The number of unbranched alkanes of at least 4 members (excludes halogenated alkanes) is 1. The lowest BCUT2D eigenvalue weighted by molar-refractivity contribution is -0.161. The van der Waals surface area contributed by atoms with Crippen LogP contribution in [0.3, 0.4) is 0 Å². The van der Waals surface area contributed by atoms with Crippen LogP contribution in [0.25, 0.3) is 0 Å². The monoisotopic (exact) mass is 545 g/mol. The Bertz CT molecular complexity index is 880. The number of aliphatic carboxylic acids is 3. The first-order valence-electron chi connectivity index (χ1n) is 11.6. The van der Waals surface area contributed by atoms with Crippen LogP contribution >= 0.6 is 0 Å². The van der Waals surface area contributed by atoms with Gasteiger partial charge in [-0.2, -0.15) is 0 Å². The zero-order valence-electron chi connectivity index (χ0n) is 21.2. The van der Waals surface area contributed by atoms with E-state index < -0.39 is 54.0 Å². The Morgan fingerprint density at radius 1 is 0.789 bits per heavy atom. The lowest BCUT2D eigenvalue weighted by Crippen LogP contribution is -2.38. The molecule has 0 aliphatic carbocycles. The minimum absolute atomic E-state index is 0.0231. The van der Waals surface area contributed by atoms with Crippen LogP contribution in [-0.4, -0.2) is 81.0 Å². The lowest BCUT2D eigenvalue weighted by atomic mass is 10.1. The number of carboxylic acids is 3. The summed E-state index contributed by atoms with van der Waals surface area (Å²) in [6.45, 7) is 2.00. The Labute approximate surface area is 219 Å². The van der Waals surface area contributed by atoms with Crippen molar-refractivity contribution < 1.29 is 49.1 Å². The first-order valence-corrected chi connectivity index (χ1v) is 11.6. The average Bonchev–Trinajstić information content (AvgIpc) is 2.84. The maximum atomic E-state index is 11.2. The highest BCUT2D eigenvalue weighted by Crippen LogP contribution is 2.10. The number of carboxylic acid groups (broad SMARTS) is 3. The molecule has 0 amide bonds. The summed E-state index contributed by atoms with van der Waals surface area (Å²) in [5.74, 6) is -4.54. The predicted molar refractivity (Wildman–Crippen MR) is 136 cm³/mol. The number of aromatic hydroxyl groups is 1. The number of carbonyl (C=O) groups is 5. The van der Waals surface area contributed by atoms with E-state index in [2.05, 4.69) is 4.74 Å². The van der Waals surface area contributed by atoms with Crippen molar-refractivity contribution in [1.82, 2.24) is 0 Å². The summed E-state index contributed by atoms with van der Waals surface area (Å²) in [7, 11) is 0. The first kappa shape index (κ1) is 36.5. The molecular formula is C23H39N5O10. The molecular weight excluding hydrogens is 506 g/mol. The van der Waals surface area contributed by atoms with Gasteiger partial charge >= 0.3 is 29.8 Å². The maximum absolute atomic E-state index is 11.2. The number of esters is 2. The zero-order valence-corrected chi connectivity index (χ0v) is 21.2. The predicted octanol–water partition coefficient (Wildman–Crippen LogP) is -1.53. The molecule has 1 rings (SSSR count). The molecule has 1 aromatic rings. The third-order valence-corrected chi connectivity index (χ3v) is 4.54. The fourth-order valence-corrected chi connectivity index (χ4v) is 2.27. The van der Waals surface area contributed by atoms with Gasteiger partial charge in [-0.1, -0.05) is 18.6 Å². The van der Waals surface area contributed by atoms with Crippen molar-refractivity contribution in [3.63, 3.8) is 0 Å². The van der Waals surface area contributed by atoms with Crippen LogP contribution in [-0.2, 0) is 35.1 Å². The number of benzene rings is 1. The number of nitrogens with two attached hydrogens (primary N) is 5. The van der Waals surface area contributed by atoms with Gasteiger partial charge in [-0.15, -0.1) is 0 Å². The first-order chi connectivity index (χ1) is 17.6. The fraction of sp³-hybridized carbons (Fsp3) is 0.522. The van der Waals surface area contributed by atoms with E-state index in [0.29, 0.717) is 13.0 Å². The number of hydrogen-bond acceptors (Lipinski definition) is 12. The molecule has 14 N–H and O–H groups in total. The van der Waals surface area contributed by atoms with Gasteiger partial charge in [0.05, 0.1) is 0 Å². The van der Waals surface area contributed by atoms with Crippen LogP contribution in [0.5, 0.6) is 5.75 Å². The number of hydrogen-bond donors (Lipinski definition) is 9. The molecule has 1 aromatic carbocycles. The van der Waals surface area contributed by atoms with Crippen molar-refractivity contribution in [1.29, 1.82) is 0 Å². The molecule has 4 atom stereocenters. The van der Waals surface area contributed by atoms with Crippen LogP contribution in [0.1, 0.15) is 44.6 Å². The second-order valence-corrected chi connectivity index (χ2v) is 8.11. The second kappa shape index (κ2) is 20.4. The van der Waals surface area contributed by atoms with E-state index in [0.717, 1.165) is 18.4 Å². The summed E-state index contributed by atoms with van der Waals surface area (Å²) in [6, 6.07) is 2.77. The Hall–Kier alpha value is -3.63. The topological polar surface area (TPSA) is 306 Å². The molecule has 0 saturated heterocycles. The standard InChI is InChI=1S/C9H19N3O3.C9H11NO3.C5H9NO4/c1-6(11)8(13)15-9(14)7(12)4-2-3-5-10;10-8(9(12)13)5-6-1-3-7(11)4-2-6;6-3(5(9)10)1-2-4(7)8/h6-7H,2-5,10-12H2,1H3;1-4,8,11H,5,10H2,(H,12,13);3H,1-2,6H2,(H,7,8)(H,9,10)/t6-,7-;8-;3-/m000/s1. The van der Waals surface area contributed by atoms with E-state index in [4.69, 9.17) is 49.1 Å². The molecule has 0 fully saturated rings. The van der Waals surface area contributed by atoms with Crippen molar-refractivity contribution in [3.05, 3.63) is 29.8 Å². The Balaban J connectivity index is 0. The summed E-state index contributed by atoms with van der Waals surface area (Å²) < 4.78 is 4.45. The van der Waals surface area contributed by atoms with Gasteiger partial charge in [-0.3, -0.25) is 14.4 Å². The quantitative estimate of drug-likeness (QED) is 0.0771. The number of ether oxygens (including phenoxy) is 1. The molecule has 15 nitrogen and oxygen atoms in total. The van der Waals surface area contributed by atoms with Crippen LogP contribution < -0.4 is 28.7 Å². The molecule has 0 spiro atoms. The molecule has 38 heavy (non-hydrogen) atoms. The molecule has 0 radical (unpaired) electrons. The van der Waals surface area contributed by atoms with Crippen molar-refractivity contribution in [2.45, 2.75) is 69.6 Å². The van der Waals surface area contributed by atoms with Gasteiger partial charge in [-0.05, 0) is 56.8 Å². The Morgan fingerprint density at radius 3 is 1.74 bits per heavy atom. The molecule has 0 aliphatic rings. The highest BCUT2D eigenvalue weighted by molar-refractivity contribution is 5.90. The molecule has 216 valence electrons. The number of phenols is 1. The molecule has 0 unspecified atom stereocenters.